The average Bonchev–Trinajstić information content (AvgIpc) is 2.75. The maximum absolute atomic E-state index is 13.7. The SMILES string of the molecule is O=C(Nc1ccc(NC(=S)NCCc2ccccc2C(F)(F)F)cc1)c1ccccc1F. The molecule has 0 saturated heterocycles. The first-order chi connectivity index (χ1) is 15.2. The molecule has 0 heterocycles. The van der Waals surface area contributed by atoms with E-state index < -0.39 is 23.5 Å². The molecule has 166 valence electrons. The summed E-state index contributed by atoms with van der Waals surface area (Å²) in [5, 5.41) is 8.64. The molecule has 4 nitrogen and oxygen atoms in total. The van der Waals surface area contributed by atoms with Crippen molar-refractivity contribution in [3.05, 3.63) is 95.3 Å². The van der Waals surface area contributed by atoms with E-state index >= 15 is 0 Å². The molecule has 0 saturated carbocycles. The van der Waals surface area contributed by atoms with Crippen LogP contribution in [0.2, 0.25) is 0 Å². The van der Waals surface area contributed by atoms with E-state index in [-0.39, 0.29) is 29.2 Å². The Labute approximate surface area is 187 Å². The lowest BCUT2D eigenvalue weighted by Gasteiger charge is -2.14. The molecule has 0 atom stereocenters. The van der Waals surface area contributed by atoms with Gasteiger partial charge in [0, 0.05) is 17.9 Å². The highest BCUT2D eigenvalue weighted by molar-refractivity contribution is 7.80. The number of amides is 1. The smallest absolute Gasteiger partial charge is 0.362 e. The summed E-state index contributed by atoms with van der Waals surface area (Å²) in [6.07, 6.45) is -4.25. The molecule has 0 unspecified atom stereocenters. The predicted molar refractivity (Wildman–Crippen MR) is 120 cm³/mol. The van der Waals surface area contributed by atoms with Gasteiger partial charge in [-0.05, 0) is 66.7 Å². The molecule has 0 fully saturated rings. The zero-order valence-electron chi connectivity index (χ0n) is 16.7. The van der Waals surface area contributed by atoms with Gasteiger partial charge in [-0.1, -0.05) is 30.3 Å². The summed E-state index contributed by atoms with van der Waals surface area (Å²) >= 11 is 5.18. The third-order valence-corrected chi connectivity index (χ3v) is 4.77. The van der Waals surface area contributed by atoms with Crippen molar-refractivity contribution in [2.45, 2.75) is 12.6 Å². The molecule has 1 amide bonds. The number of anilines is 2. The Balaban J connectivity index is 1.50. The van der Waals surface area contributed by atoms with Gasteiger partial charge in [0.1, 0.15) is 5.82 Å². The Morgan fingerprint density at radius 1 is 0.844 bits per heavy atom. The van der Waals surface area contributed by atoms with Gasteiger partial charge in [-0.3, -0.25) is 4.79 Å². The van der Waals surface area contributed by atoms with Crippen LogP contribution in [-0.2, 0) is 12.6 Å². The van der Waals surface area contributed by atoms with E-state index in [1.807, 2.05) is 0 Å². The third kappa shape index (κ3) is 6.27. The molecule has 9 heteroatoms. The van der Waals surface area contributed by atoms with Crippen molar-refractivity contribution in [3.8, 4) is 0 Å². The standard InChI is InChI=1S/C23H19F4N3OS/c24-20-8-4-2-6-18(20)21(31)29-16-9-11-17(12-10-16)30-22(32)28-14-13-15-5-1-3-7-19(15)23(25,26)27/h1-12H,13-14H2,(H,29,31)(H2,28,30,32). The summed E-state index contributed by atoms with van der Waals surface area (Å²) in [5.41, 5.74) is 0.541. The second-order valence-electron chi connectivity index (χ2n) is 6.80. The van der Waals surface area contributed by atoms with Crippen LogP contribution in [-0.4, -0.2) is 17.6 Å². The molecule has 0 bridgehead atoms. The van der Waals surface area contributed by atoms with Gasteiger partial charge in [-0.15, -0.1) is 0 Å². The highest BCUT2D eigenvalue weighted by Gasteiger charge is 2.32. The van der Waals surface area contributed by atoms with Crippen molar-refractivity contribution in [1.29, 1.82) is 0 Å². The zero-order valence-corrected chi connectivity index (χ0v) is 17.5. The number of benzene rings is 3. The first-order valence-corrected chi connectivity index (χ1v) is 10.0. The van der Waals surface area contributed by atoms with Crippen LogP contribution >= 0.6 is 12.2 Å². The molecule has 0 aliphatic rings. The normalized spacial score (nSPS) is 11.0. The van der Waals surface area contributed by atoms with Crippen molar-refractivity contribution in [3.63, 3.8) is 0 Å². The first-order valence-electron chi connectivity index (χ1n) is 9.60. The van der Waals surface area contributed by atoms with E-state index in [1.165, 1.54) is 30.3 Å². The van der Waals surface area contributed by atoms with Crippen LogP contribution in [0.25, 0.3) is 0 Å². The lowest BCUT2D eigenvalue weighted by atomic mass is 10.0. The van der Waals surface area contributed by atoms with Crippen LogP contribution in [0.15, 0.2) is 72.8 Å². The van der Waals surface area contributed by atoms with Gasteiger partial charge in [0.05, 0.1) is 11.1 Å². The van der Waals surface area contributed by atoms with Crippen molar-refractivity contribution in [2.24, 2.45) is 0 Å². The summed E-state index contributed by atoms with van der Waals surface area (Å²) in [6, 6.07) is 17.6. The number of carbonyl (C=O) groups is 1. The Kier molecular flexibility index (Phi) is 7.42. The molecule has 3 aromatic rings. The molecule has 3 N–H and O–H groups in total. The van der Waals surface area contributed by atoms with Crippen LogP contribution in [0, 0.1) is 5.82 Å². The van der Waals surface area contributed by atoms with Gasteiger partial charge in [0.15, 0.2) is 5.11 Å². The number of alkyl halides is 3. The molecule has 0 radical (unpaired) electrons. The Bertz CT molecular complexity index is 1100. The number of halogens is 4. The van der Waals surface area contributed by atoms with Crippen LogP contribution in [0.5, 0.6) is 0 Å². The fourth-order valence-electron chi connectivity index (χ4n) is 2.98. The van der Waals surface area contributed by atoms with E-state index in [4.69, 9.17) is 12.2 Å². The third-order valence-electron chi connectivity index (χ3n) is 4.52. The van der Waals surface area contributed by atoms with Crippen LogP contribution in [0.1, 0.15) is 21.5 Å². The van der Waals surface area contributed by atoms with E-state index in [1.54, 1.807) is 36.4 Å². The molecule has 0 spiro atoms. The Hall–Kier alpha value is -3.46. The first kappa shape index (κ1) is 23.2. The second-order valence-corrected chi connectivity index (χ2v) is 7.21. The lowest BCUT2D eigenvalue weighted by molar-refractivity contribution is -0.138. The second kappa shape index (κ2) is 10.2. The lowest BCUT2D eigenvalue weighted by Crippen LogP contribution is -2.30. The highest BCUT2D eigenvalue weighted by atomic mass is 32.1. The number of hydrogen-bond donors (Lipinski definition) is 3. The van der Waals surface area contributed by atoms with Crippen molar-refractivity contribution in [1.82, 2.24) is 5.32 Å². The number of carbonyl (C=O) groups excluding carboxylic acids is 1. The van der Waals surface area contributed by atoms with Crippen LogP contribution in [0.4, 0.5) is 28.9 Å². The summed E-state index contributed by atoms with van der Waals surface area (Å²) in [4.78, 5) is 12.2. The van der Waals surface area contributed by atoms with Crippen molar-refractivity contribution < 1.29 is 22.4 Å². The topological polar surface area (TPSA) is 53.2 Å². The highest BCUT2D eigenvalue weighted by Crippen LogP contribution is 2.31. The predicted octanol–water partition coefficient (Wildman–Crippen LogP) is 5.63. The van der Waals surface area contributed by atoms with E-state index in [9.17, 15) is 22.4 Å². The van der Waals surface area contributed by atoms with Gasteiger partial charge in [0.2, 0.25) is 0 Å². The Morgan fingerprint density at radius 3 is 2.09 bits per heavy atom. The van der Waals surface area contributed by atoms with E-state index in [0.29, 0.717) is 11.4 Å². The number of rotatable bonds is 6. The number of nitrogens with one attached hydrogen (secondary N) is 3. The fraction of sp³-hybridized carbons (Fsp3) is 0.130. The van der Waals surface area contributed by atoms with E-state index in [2.05, 4.69) is 16.0 Å². The van der Waals surface area contributed by atoms with Crippen LogP contribution in [0.3, 0.4) is 0 Å². The monoisotopic (exact) mass is 461 g/mol. The van der Waals surface area contributed by atoms with Gasteiger partial charge in [-0.2, -0.15) is 13.2 Å². The summed E-state index contributed by atoms with van der Waals surface area (Å²) in [5.74, 6) is -1.18. The largest absolute Gasteiger partial charge is 0.416 e. The van der Waals surface area contributed by atoms with E-state index in [0.717, 1.165) is 6.07 Å². The minimum atomic E-state index is -4.40. The van der Waals surface area contributed by atoms with Gasteiger partial charge in [0.25, 0.3) is 5.91 Å². The summed E-state index contributed by atoms with van der Waals surface area (Å²) in [6.45, 7) is 0.218. The molecule has 0 aliphatic carbocycles. The molecular weight excluding hydrogens is 442 g/mol. The number of hydrogen-bond acceptors (Lipinski definition) is 2. The van der Waals surface area contributed by atoms with Gasteiger partial charge < -0.3 is 16.0 Å². The molecular formula is C23H19F4N3OS. The maximum atomic E-state index is 13.7. The van der Waals surface area contributed by atoms with Crippen LogP contribution < -0.4 is 16.0 Å². The molecule has 0 aliphatic heterocycles. The maximum Gasteiger partial charge on any atom is 0.416 e. The molecule has 3 rings (SSSR count). The van der Waals surface area contributed by atoms with Gasteiger partial charge >= 0.3 is 6.18 Å². The molecule has 32 heavy (non-hydrogen) atoms. The molecule has 0 aromatic heterocycles. The van der Waals surface area contributed by atoms with Gasteiger partial charge in [-0.25, -0.2) is 4.39 Å². The fourth-order valence-corrected chi connectivity index (χ4v) is 3.20. The zero-order chi connectivity index (χ0) is 23.1. The Morgan fingerprint density at radius 2 is 1.44 bits per heavy atom. The minimum Gasteiger partial charge on any atom is -0.362 e. The average molecular weight is 461 g/mol. The molecule has 3 aromatic carbocycles. The summed E-state index contributed by atoms with van der Waals surface area (Å²) < 4.78 is 52.8. The quantitative estimate of drug-likeness (QED) is 0.329. The van der Waals surface area contributed by atoms with Crippen molar-refractivity contribution in [2.75, 3.05) is 17.2 Å². The summed E-state index contributed by atoms with van der Waals surface area (Å²) in [7, 11) is 0. The number of thiocarbonyl (C=S) groups is 1. The van der Waals surface area contributed by atoms with Crippen molar-refractivity contribution >= 4 is 34.6 Å². The minimum absolute atomic E-state index is 0.0628.